The van der Waals surface area contributed by atoms with E-state index >= 15 is 0 Å². The number of piperidine rings is 1. The Morgan fingerprint density at radius 3 is 2.42 bits per heavy atom. The molecule has 112 valence electrons. The largest absolute Gasteiger partial charge is 0.389 e. The van der Waals surface area contributed by atoms with E-state index in [1.165, 1.54) is 4.31 Å². The summed E-state index contributed by atoms with van der Waals surface area (Å²) in [5.74, 6) is 0.480. The van der Waals surface area contributed by atoms with Crippen molar-refractivity contribution in [3.05, 3.63) is 0 Å². The van der Waals surface area contributed by atoms with Crippen LogP contribution in [0.5, 0.6) is 0 Å². The molecule has 0 unspecified atom stereocenters. The molecule has 0 amide bonds. The van der Waals surface area contributed by atoms with Gasteiger partial charge in [-0.2, -0.15) is 0 Å². The highest BCUT2D eigenvalue weighted by Gasteiger charge is 2.36. The highest BCUT2D eigenvalue weighted by Crippen LogP contribution is 2.30. The van der Waals surface area contributed by atoms with Gasteiger partial charge in [-0.15, -0.1) is 0 Å². The molecule has 0 aromatic carbocycles. The molecule has 1 heterocycles. The molecule has 1 saturated carbocycles. The summed E-state index contributed by atoms with van der Waals surface area (Å²) in [5, 5.41) is 13.6. The Labute approximate surface area is 116 Å². The third-order valence-corrected chi connectivity index (χ3v) is 6.40. The van der Waals surface area contributed by atoms with Gasteiger partial charge in [0.1, 0.15) is 0 Å². The van der Waals surface area contributed by atoms with Gasteiger partial charge in [0.15, 0.2) is 0 Å². The number of nitrogens with zero attached hydrogens (tertiary/aromatic N) is 1. The summed E-state index contributed by atoms with van der Waals surface area (Å²) >= 11 is 0. The van der Waals surface area contributed by atoms with Crippen LogP contribution >= 0.6 is 0 Å². The number of rotatable bonds is 5. The average Bonchev–Trinajstić information content (AvgIpc) is 2.76. The topological polar surface area (TPSA) is 69.6 Å². The number of hydrogen-bond acceptors (Lipinski definition) is 4. The lowest BCUT2D eigenvalue weighted by Crippen LogP contribution is -2.44. The molecule has 0 aromatic heterocycles. The summed E-state index contributed by atoms with van der Waals surface area (Å²) in [6.07, 6.45) is 5.30. The van der Waals surface area contributed by atoms with Crippen molar-refractivity contribution in [3.63, 3.8) is 0 Å². The van der Waals surface area contributed by atoms with Crippen LogP contribution in [0.2, 0.25) is 0 Å². The average molecular weight is 290 g/mol. The van der Waals surface area contributed by atoms with Crippen LogP contribution in [0.25, 0.3) is 0 Å². The second-order valence-electron chi connectivity index (χ2n) is 6.16. The Morgan fingerprint density at radius 2 is 1.84 bits per heavy atom. The van der Waals surface area contributed by atoms with Crippen molar-refractivity contribution in [2.24, 2.45) is 5.92 Å². The summed E-state index contributed by atoms with van der Waals surface area (Å²) < 4.78 is 26.0. The first-order valence-corrected chi connectivity index (χ1v) is 8.89. The number of likely N-dealkylation sites (N-methyl/N-ethyl adjacent to an activating group) is 1. The maximum absolute atomic E-state index is 12.3. The first kappa shape index (κ1) is 15.2. The minimum atomic E-state index is -3.24. The Morgan fingerprint density at radius 1 is 1.26 bits per heavy atom. The van der Waals surface area contributed by atoms with Crippen LogP contribution < -0.4 is 5.32 Å². The van der Waals surface area contributed by atoms with Crippen molar-refractivity contribution in [1.82, 2.24) is 9.62 Å². The van der Waals surface area contributed by atoms with Gasteiger partial charge in [0.05, 0.1) is 11.4 Å². The van der Waals surface area contributed by atoms with Crippen LogP contribution in [0.3, 0.4) is 0 Å². The van der Waals surface area contributed by atoms with E-state index in [1.807, 2.05) is 0 Å². The van der Waals surface area contributed by atoms with Gasteiger partial charge in [-0.1, -0.05) is 12.8 Å². The third-order valence-electron chi connectivity index (χ3n) is 4.43. The number of hydrogen-bond donors (Lipinski definition) is 2. The van der Waals surface area contributed by atoms with E-state index in [1.54, 1.807) is 7.05 Å². The molecule has 0 radical (unpaired) electrons. The van der Waals surface area contributed by atoms with Gasteiger partial charge in [-0.3, -0.25) is 0 Å². The zero-order valence-corrected chi connectivity index (χ0v) is 12.6. The van der Waals surface area contributed by atoms with E-state index < -0.39 is 15.6 Å². The standard InChI is InChI=1S/C13H26N2O3S/c1-15(11-13(16)6-2-3-7-13)19(17,18)10-12-4-8-14-9-5-12/h12,14,16H,2-11H2,1H3. The lowest BCUT2D eigenvalue weighted by atomic mass is 10.0. The fourth-order valence-corrected chi connectivity index (χ4v) is 4.80. The van der Waals surface area contributed by atoms with E-state index in [-0.39, 0.29) is 18.2 Å². The fourth-order valence-electron chi connectivity index (χ4n) is 3.18. The summed E-state index contributed by atoms with van der Waals surface area (Å²) in [6.45, 7) is 2.07. The van der Waals surface area contributed by atoms with Crippen LogP contribution in [0.15, 0.2) is 0 Å². The number of aliphatic hydroxyl groups is 1. The maximum Gasteiger partial charge on any atom is 0.214 e. The Bertz CT molecular complexity index is 385. The summed E-state index contributed by atoms with van der Waals surface area (Å²) in [5.41, 5.74) is -0.796. The second kappa shape index (κ2) is 6.08. The first-order valence-electron chi connectivity index (χ1n) is 7.28. The van der Waals surface area contributed by atoms with E-state index in [9.17, 15) is 13.5 Å². The zero-order chi connectivity index (χ0) is 13.9. The molecule has 6 heteroatoms. The Kier molecular flexibility index (Phi) is 4.87. The smallest absolute Gasteiger partial charge is 0.214 e. The Balaban J connectivity index is 1.90. The molecule has 2 aliphatic rings. The number of nitrogens with one attached hydrogen (secondary N) is 1. The van der Waals surface area contributed by atoms with Crippen molar-refractivity contribution in [1.29, 1.82) is 0 Å². The van der Waals surface area contributed by atoms with Crippen molar-refractivity contribution in [2.45, 2.75) is 44.1 Å². The molecule has 0 aromatic rings. The molecule has 19 heavy (non-hydrogen) atoms. The molecule has 5 nitrogen and oxygen atoms in total. The van der Waals surface area contributed by atoms with Crippen LogP contribution in [-0.2, 0) is 10.0 Å². The van der Waals surface area contributed by atoms with Gasteiger partial charge in [0, 0.05) is 13.6 Å². The molecule has 0 atom stereocenters. The highest BCUT2D eigenvalue weighted by molar-refractivity contribution is 7.89. The van der Waals surface area contributed by atoms with Crippen LogP contribution in [-0.4, -0.2) is 55.9 Å². The van der Waals surface area contributed by atoms with Gasteiger partial charge in [-0.05, 0) is 44.7 Å². The maximum atomic E-state index is 12.3. The summed E-state index contributed by atoms with van der Waals surface area (Å²) in [4.78, 5) is 0. The predicted molar refractivity (Wildman–Crippen MR) is 75.4 cm³/mol. The van der Waals surface area contributed by atoms with Gasteiger partial charge in [0.2, 0.25) is 10.0 Å². The van der Waals surface area contributed by atoms with Gasteiger partial charge in [0.25, 0.3) is 0 Å². The summed E-state index contributed by atoms with van der Waals surface area (Å²) in [7, 11) is -1.64. The predicted octanol–water partition coefficient (Wildman–Crippen LogP) is 0.553. The normalized spacial score (nSPS) is 25.0. The molecule has 1 aliphatic carbocycles. The van der Waals surface area contributed by atoms with Crippen molar-refractivity contribution in [2.75, 3.05) is 32.4 Å². The van der Waals surface area contributed by atoms with E-state index in [2.05, 4.69) is 5.32 Å². The molecule has 1 saturated heterocycles. The zero-order valence-electron chi connectivity index (χ0n) is 11.8. The third kappa shape index (κ3) is 4.15. The lowest BCUT2D eigenvalue weighted by molar-refractivity contribution is 0.0332. The van der Waals surface area contributed by atoms with Gasteiger partial charge < -0.3 is 10.4 Å². The quantitative estimate of drug-likeness (QED) is 0.776. The molecule has 0 spiro atoms. The fraction of sp³-hybridized carbons (Fsp3) is 1.00. The van der Waals surface area contributed by atoms with E-state index in [0.29, 0.717) is 0 Å². The second-order valence-corrected chi connectivity index (χ2v) is 8.28. The minimum absolute atomic E-state index is 0.223. The van der Waals surface area contributed by atoms with E-state index in [4.69, 9.17) is 0 Å². The SMILES string of the molecule is CN(CC1(O)CCCC1)S(=O)(=O)CC1CCNCC1. The molecule has 2 N–H and O–H groups in total. The van der Waals surface area contributed by atoms with Crippen molar-refractivity contribution < 1.29 is 13.5 Å². The molecular formula is C13H26N2O3S. The highest BCUT2D eigenvalue weighted by atomic mass is 32.2. The molecule has 2 fully saturated rings. The molecule has 0 bridgehead atoms. The van der Waals surface area contributed by atoms with Gasteiger partial charge >= 0.3 is 0 Å². The molecule has 2 rings (SSSR count). The van der Waals surface area contributed by atoms with Crippen LogP contribution in [0.4, 0.5) is 0 Å². The minimum Gasteiger partial charge on any atom is -0.389 e. The van der Waals surface area contributed by atoms with Crippen molar-refractivity contribution >= 4 is 10.0 Å². The molecular weight excluding hydrogens is 264 g/mol. The van der Waals surface area contributed by atoms with Crippen LogP contribution in [0, 0.1) is 5.92 Å². The Hall–Kier alpha value is -0.170. The monoisotopic (exact) mass is 290 g/mol. The first-order chi connectivity index (χ1) is 8.91. The van der Waals surface area contributed by atoms with E-state index in [0.717, 1.165) is 51.6 Å². The molecule has 1 aliphatic heterocycles. The van der Waals surface area contributed by atoms with Gasteiger partial charge in [-0.25, -0.2) is 12.7 Å². The van der Waals surface area contributed by atoms with Crippen LogP contribution in [0.1, 0.15) is 38.5 Å². The lowest BCUT2D eigenvalue weighted by Gasteiger charge is -2.30. The van der Waals surface area contributed by atoms with Crippen molar-refractivity contribution in [3.8, 4) is 0 Å². The number of sulfonamides is 1. The summed E-state index contributed by atoms with van der Waals surface area (Å²) in [6, 6.07) is 0.